The molecule has 1 atom stereocenters. The van der Waals surface area contributed by atoms with Gasteiger partial charge < -0.3 is 9.30 Å². The third kappa shape index (κ3) is 2.30. The van der Waals surface area contributed by atoms with Crippen LogP contribution in [0.3, 0.4) is 0 Å². The Bertz CT molecular complexity index is 602. The molecule has 2 rings (SSSR count). The van der Waals surface area contributed by atoms with E-state index in [0.717, 1.165) is 16.9 Å². The number of aromatic nitrogens is 3. The lowest BCUT2D eigenvalue weighted by Gasteiger charge is -2.12. The summed E-state index contributed by atoms with van der Waals surface area (Å²) in [6, 6.07) is 3.67. The van der Waals surface area contributed by atoms with E-state index in [2.05, 4.69) is 9.97 Å². The number of imidazole rings is 1. The van der Waals surface area contributed by atoms with Crippen molar-refractivity contribution < 1.29 is 4.74 Å². The van der Waals surface area contributed by atoms with Crippen LogP contribution in [0, 0.1) is 11.3 Å². The van der Waals surface area contributed by atoms with Crippen molar-refractivity contribution in [3.63, 3.8) is 0 Å². The third-order valence-electron chi connectivity index (χ3n) is 2.79. The Balaban J connectivity index is 2.53. The van der Waals surface area contributed by atoms with Crippen molar-refractivity contribution in [2.75, 3.05) is 7.11 Å². The molecule has 2 aromatic heterocycles. The topological polar surface area (TPSA) is 63.7 Å². The first kappa shape index (κ1) is 12.8. The Labute approximate surface area is 110 Å². The second-order valence-corrected chi connectivity index (χ2v) is 4.26. The van der Waals surface area contributed by atoms with Crippen molar-refractivity contribution in [2.24, 2.45) is 0 Å². The second-order valence-electron chi connectivity index (χ2n) is 3.99. The van der Waals surface area contributed by atoms with Gasteiger partial charge in [-0.05, 0) is 6.92 Å². The van der Waals surface area contributed by atoms with E-state index in [1.165, 1.54) is 0 Å². The maximum atomic E-state index is 8.82. The molecule has 0 amide bonds. The lowest BCUT2D eigenvalue weighted by molar-refractivity contribution is 0.103. The fourth-order valence-corrected chi connectivity index (χ4v) is 1.98. The molecule has 94 valence electrons. The summed E-state index contributed by atoms with van der Waals surface area (Å²) in [5.41, 5.74) is 1.96. The molecule has 2 aromatic rings. The highest BCUT2D eigenvalue weighted by Gasteiger charge is 2.13. The van der Waals surface area contributed by atoms with Crippen LogP contribution in [0.25, 0.3) is 11.0 Å². The summed E-state index contributed by atoms with van der Waals surface area (Å²) in [6.07, 6.45) is 1.71. The van der Waals surface area contributed by atoms with E-state index in [1.54, 1.807) is 19.4 Å². The van der Waals surface area contributed by atoms with Gasteiger partial charge in [0.1, 0.15) is 17.6 Å². The van der Waals surface area contributed by atoms with Crippen molar-refractivity contribution in [2.45, 2.75) is 25.5 Å². The summed E-state index contributed by atoms with van der Waals surface area (Å²) in [6.45, 7) is 2.63. The van der Waals surface area contributed by atoms with E-state index < -0.39 is 0 Å². The molecule has 0 bridgehead atoms. The van der Waals surface area contributed by atoms with E-state index in [1.807, 2.05) is 17.6 Å². The quantitative estimate of drug-likeness (QED) is 0.793. The van der Waals surface area contributed by atoms with E-state index in [0.29, 0.717) is 18.1 Å². The molecule has 0 aliphatic carbocycles. The largest absolute Gasteiger partial charge is 0.380 e. The van der Waals surface area contributed by atoms with Gasteiger partial charge in [0.2, 0.25) is 0 Å². The molecular weight excluding hydrogens is 252 g/mol. The monoisotopic (exact) mass is 264 g/mol. The van der Waals surface area contributed by atoms with Gasteiger partial charge in [-0.3, -0.25) is 0 Å². The normalized spacial score (nSPS) is 12.6. The summed E-state index contributed by atoms with van der Waals surface area (Å²) < 4.78 is 7.23. The minimum Gasteiger partial charge on any atom is -0.380 e. The molecule has 0 fully saturated rings. The Morgan fingerprint density at radius 1 is 1.61 bits per heavy atom. The lowest BCUT2D eigenvalue weighted by Crippen LogP contribution is -2.16. The van der Waals surface area contributed by atoms with Gasteiger partial charge in [0.15, 0.2) is 0 Å². The lowest BCUT2D eigenvalue weighted by atomic mass is 10.3. The van der Waals surface area contributed by atoms with Crippen LogP contribution in [0.15, 0.2) is 12.3 Å². The molecule has 5 nitrogen and oxygen atoms in total. The number of nitrogens with zero attached hydrogens (tertiary/aromatic N) is 4. The molecule has 2 heterocycles. The van der Waals surface area contributed by atoms with Gasteiger partial charge in [0, 0.05) is 13.2 Å². The number of methoxy groups -OCH3 is 1. The second kappa shape index (κ2) is 5.34. The fourth-order valence-electron chi connectivity index (χ4n) is 1.77. The molecule has 0 saturated heterocycles. The first-order valence-electron chi connectivity index (χ1n) is 5.53. The van der Waals surface area contributed by atoms with Gasteiger partial charge >= 0.3 is 0 Å². The van der Waals surface area contributed by atoms with Gasteiger partial charge in [-0.15, -0.1) is 11.6 Å². The molecule has 0 aliphatic rings. The zero-order chi connectivity index (χ0) is 13.1. The van der Waals surface area contributed by atoms with Crippen LogP contribution < -0.4 is 0 Å². The van der Waals surface area contributed by atoms with Crippen molar-refractivity contribution in [3.8, 4) is 6.07 Å². The van der Waals surface area contributed by atoms with Crippen LogP contribution in [-0.2, 0) is 17.2 Å². The highest BCUT2D eigenvalue weighted by atomic mass is 35.5. The SMILES string of the molecule is CO[C@@H](C)Cn1c(CCl)nc2cc(C#N)ncc21. The third-order valence-corrected chi connectivity index (χ3v) is 3.03. The minimum atomic E-state index is 0.0556. The maximum absolute atomic E-state index is 8.82. The number of ether oxygens (including phenoxy) is 1. The van der Waals surface area contributed by atoms with E-state index in [4.69, 9.17) is 21.6 Å². The van der Waals surface area contributed by atoms with Crippen LogP contribution in [0.4, 0.5) is 0 Å². The molecule has 18 heavy (non-hydrogen) atoms. The summed E-state index contributed by atoms with van der Waals surface area (Å²) in [5.74, 6) is 1.07. The minimum absolute atomic E-state index is 0.0556. The number of nitriles is 1. The van der Waals surface area contributed by atoms with E-state index in [9.17, 15) is 0 Å². The molecule has 0 unspecified atom stereocenters. The average Bonchev–Trinajstić information content (AvgIpc) is 2.75. The fraction of sp³-hybridized carbons (Fsp3) is 0.417. The standard InChI is InChI=1S/C12H13ClN4O/c1-8(18-2)7-17-11-6-15-9(5-14)3-10(11)16-12(17)4-13/h3,6,8H,4,7H2,1-2H3/t8-/m0/s1. The van der Waals surface area contributed by atoms with Crippen LogP contribution in [0.1, 0.15) is 18.4 Å². The number of pyridine rings is 1. The van der Waals surface area contributed by atoms with Crippen molar-refractivity contribution >= 4 is 22.6 Å². The van der Waals surface area contributed by atoms with Crippen LogP contribution in [0.5, 0.6) is 0 Å². The summed E-state index contributed by atoms with van der Waals surface area (Å²) in [4.78, 5) is 8.47. The molecule has 0 N–H and O–H groups in total. The van der Waals surface area contributed by atoms with Gasteiger partial charge in [-0.25, -0.2) is 9.97 Å². The first-order chi connectivity index (χ1) is 8.69. The maximum Gasteiger partial charge on any atom is 0.142 e. The van der Waals surface area contributed by atoms with Crippen LogP contribution >= 0.6 is 11.6 Å². The number of fused-ring (bicyclic) bond motifs is 1. The number of halogens is 1. The van der Waals surface area contributed by atoms with Gasteiger partial charge in [-0.1, -0.05) is 0 Å². The van der Waals surface area contributed by atoms with E-state index >= 15 is 0 Å². The number of rotatable bonds is 4. The highest BCUT2D eigenvalue weighted by molar-refractivity contribution is 6.16. The van der Waals surface area contributed by atoms with Gasteiger partial charge in [-0.2, -0.15) is 5.26 Å². The first-order valence-corrected chi connectivity index (χ1v) is 6.07. The Hall–Kier alpha value is -1.64. The smallest absolute Gasteiger partial charge is 0.142 e. The predicted octanol–water partition coefficient (Wildman–Crippen LogP) is 2.08. The number of alkyl halides is 1. The number of hydrogen-bond donors (Lipinski definition) is 0. The average molecular weight is 265 g/mol. The van der Waals surface area contributed by atoms with Gasteiger partial charge in [0.25, 0.3) is 0 Å². The summed E-state index contributed by atoms with van der Waals surface area (Å²) >= 11 is 5.89. The molecule has 6 heteroatoms. The molecule has 0 saturated carbocycles. The van der Waals surface area contributed by atoms with E-state index in [-0.39, 0.29) is 6.10 Å². The summed E-state index contributed by atoms with van der Waals surface area (Å²) in [7, 11) is 1.66. The van der Waals surface area contributed by atoms with Crippen LogP contribution in [-0.4, -0.2) is 27.7 Å². The zero-order valence-electron chi connectivity index (χ0n) is 10.2. The Morgan fingerprint density at radius 2 is 2.39 bits per heavy atom. The molecule has 0 aliphatic heterocycles. The molecule has 0 aromatic carbocycles. The Kier molecular flexibility index (Phi) is 3.80. The Morgan fingerprint density at radius 3 is 3.00 bits per heavy atom. The molecule has 0 spiro atoms. The van der Waals surface area contributed by atoms with Crippen molar-refractivity contribution in [1.29, 1.82) is 5.26 Å². The number of hydrogen-bond acceptors (Lipinski definition) is 4. The van der Waals surface area contributed by atoms with Gasteiger partial charge in [0.05, 0.1) is 35.8 Å². The van der Waals surface area contributed by atoms with Crippen molar-refractivity contribution in [1.82, 2.24) is 14.5 Å². The zero-order valence-corrected chi connectivity index (χ0v) is 11.0. The van der Waals surface area contributed by atoms with Crippen molar-refractivity contribution in [3.05, 3.63) is 23.8 Å². The van der Waals surface area contributed by atoms with Crippen LogP contribution in [0.2, 0.25) is 0 Å². The highest BCUT2D eigenvalue weighted by Crippen LogP contribution is 2.18. The summed E-state index contributed by atoms with van der Waals surface area (Å²) in [5, 5.41) is 8.82. The molecule has 0 radical (unpaired) electrons. The predicted molar refractivity (Wildman–Crippen MR) is 68.3 cm³/mol. The molecular formula is C12H13ClN4O.